The third kappa shape index (κ3) is 4.99. The van der Waals surface area contributed by atoms with Crippen molar-refractivity contribution in [2.75, 3.05) is 31.1 Å². The molecule has 2 unspecified atom stereocenters. The van der Waals surface area contributed by atoms with Crippen LogP contribution in [0.2, 0.25) is 5.02 Å². The Hall–Kier alpha value is -3.46. The van der Waals surface area contributed by atoms with Crippen molar-refractivity contribution < 1.29 is 24.2 Å². The fraction of sp³-hybridized carbons (Fsp3) is 0.441. The number of likely N-dealkylation sites (tertiary alicyclic amines) is 1. The van der Waals surface area contributed by atoms with Gasteiger partial charge in [0.25, 0.3) is 5.91 Å². The number of amides is 3. The molecule has 5 rings (SSSR count). The second kappa shape index (κ2) is 12.3. The molecule has 2 aromatic rings. The highest BCUT2D eigenvalue weighted by atomic mass is 35.5. The minimum absolute atomic E-state index is 0.0549. The number of fused-ring (bicyclic) bond motifs is 1. The summed E-state index contributed by atoms with van der Waals surface area (Å²) >= 11 is 6.63. The third-order valence-electron chi connectivity index (χ3n) is 9.44. The minimum Gasteiger partial charge on any atom is -0.395 e. The van der Waals surface area contributed by atoms with Crippen molar-refractivity contribution >= 4 is 35.0 Å². The summed E-state index contributed by atoms with van der Waals surface area (Å²) in [5, 5.41) is 10.4. The van der Waals surface area contributed by atoms with Gasteiger partial charge in [-0.25, -0.2) is 0 Å². The molecule has 3 heterocycles. The lowest BCUT2D eigenvalue weighted by Gasteiger charge is -2.37. The number of para-hydroxylation sites is 1. The van der Waals surface area contributed by atoms with Gasteiger partial charge < -0.3 is 24.5 Å². The Morgan fingerprint density at radius 3 is 2.44 bits per heavy atom. The second-order valence-corrected chi connectivity index (χ2v) is 12.1. The van der Waals surface area contributed by atoms with Gasteiger partial charge in [-0.1, -0.05) is 73.1 Å². The van der Waals surface area contributed by atoms with Crippen LogP contribution in [0.15, 0.2) is 73.8 Å². The summed E-state index contributed by atoms with van der Waals surface area (Å²) in [6, 6.07) is 14.1. The molecule has 1 N–H and O–H groups in total. The van der Waals surface area contributed by atoms with Gasteiger partial charge in [0.15, 0.2) is 0 Å². The summed E-state index contributed by atoms with van der Waals surface area (Å²) in [5.74, 6) is -2.54. The fourth-order valence-electron chi connectivity index (χ4n) is 7.64. The summed E-state index contributed by atoms with van der Waals surface area (Å²) in [6.45, 7) is 12.0. The van der Waals surface area contributed by atoms with Gasteiger partial charge in [0, 0.05) is 26.2 Å². The number of β-amino-alcohol motifs (C(OH)–C–C–N with tert-alkyl or cyclic N) is 1. The summed E-state index contributed by atoms with van der Waals surface area (Å²) in [7, 11) is 0. The Kier molecular flexibility index (Phi) is 8.84. The topological polar surface area (TPSA) is 90.4 Å². The minimum atomic E-state index is -1.22. The van der Waals surface area contributed by atoms with Crippen molar-refractivity contribution in [1.82, 2.24) is 9.80 Å². The van der Waals surface area contributed by atoms with E-state index in [9.17, 15) is 19.5 Å². The van der Waals surface area contributed by atoms with Crippen molar-refractivity contribution in [2.45, 2.75) is 56.9 Å². The molecular formula is C34H40ClN3O5. The van der Waals surface area contributed by atoms with Crippen molar-refractivity contribution in [3.8, 4) is 0 Å². The number of carbonyl (C=O) groups excluding carboxylic acids is 3. The summed E-state index contributed by atoms with van der Waals surface area (Å²) < 4.78 is 6.91. The zero-order valence-corrected chi connectivity index (χ0v) is 25.6. The Morgan fingerprint density at radius 1 is 1.09 bits per heavy atom. The Bertz CT molecular complexity index is 1400. The lowest BCUT2D eigenvalue weighted by Crippen LogP contribution is -2.57. The van der Waals surface area contributed by atoms with E-state index in [1.165, 1.54) is 4.90 Å². The zero-order chi connectivity index (χ0) is 30.9. The zero-order valence-electron chi connectivity index (χ0n) is 24.9. The highest BCUT2D eigenvalue weighted by Gasteiger charge is 2.79. The molecule has 3 saturated heterocycles. The average molecular weight is 606 g/mol. The Morgan fingerprint density at radius 2 is 1.81 bits per heavy atom. The van der Waals surface area contributed by atoms with Crippen molar-refractivity contribution in [1.29, 1.82) is 0 Å². The van der Waals surface area contributed by atoms with Gasteiger partial charge in [-0.3, -0.25) is 14.4 Å². The van der Waals surface area contributed by atoms with E-state index in [-0.39, 0.29) is 37.4 Å². The van der Waals surface area contributed by atoms with Crippen molar-refractivity contribution in [3.63, 3.8) is 0 Å². The second-order valence-electron chi connectivity index (χ2n) is 11.7. The van der Waals surface area contributed by atoms with Crippen LogP contribution >= 0.6 is 11.6 Å². The number of aryl methyl sites for hydroxylation is 1. The molecule has 0 saturated carbocycles. The van der Waals surface area contributed by atoms with Crippen LogP contribution in [0.1, 0.15) is 37.3 Å². The summed E-state index contributed by atoms with van der Waals surface area (Å²) in [5.41, 5.74) is 0.188. The number of benzene rings is 2. The number of ether oxygens (including phenoxy) is 1. The number of hydrogen-bond donors (Lipinski definition) is 1. The lowest BCUT2D eigenvalue weighted by atomic mass is 9.64. The summed E-state index contributed by atoms with van der Waals surface area (Å²) in [6.07, 6.45) is 4.81. The first-order valence-corrected chi connectivity index (χ1v) is 15.3. The van der Waals surface area contributed by atoms with Crippen LogP contribution in [0.5, 0.6) is 0 Å². The molecule has 2 aromatic carbocycles. The van der Waals surface area contributed by atoms with E-state index in [4.69, 9.17) is 16.3 Å². The van der Waals surface area contributed by atoms with E-state index >= 15 is 0 Å². The van der Waals surface area contributed by atoms with E-state index in [1.54, 1.807) is 28.0 Å². The highest BCUT2D eigenvalue weighted by Crippen LogP contribution is 2.64. The molecule has 43 heavy (non-hydrogen) atoms. The first kappa shape index (κ1) is 31.0. The molecule has 3 aliphatic heterocycles. The first-order valence-electron chi connectivity index (χ1n) is 14.9. The molecule has 3 fully saturated rings. The van der Waals surface area contributed by atoms with Crippen LogP contribution in [0.25, 0.3) is 0 Å². The normalized spacial score (nSPS) is 27.2. The molecule has 0 aromatic heterocycles. The molecule has 0 aliphatic carbocycles. The number of hydrogen-bond acceptors (Lipinski definition) is 5. The molecule has 1 spiro atoms. The number of aliphatic hydroxyl groups excluding tert-OH is 1. The number of carbonyl (C=O) groups is 3. The van der Waals surface area contributed by atoms with Gasteiger partial charge in [0.05, 0.1) is 34.8 Å². The van der Waals surface area contributed by atoms with Crippen molar-refractivity contribution in [3.05, 3.63) is 90.0 Å². The predicted molar refractivity (Wildman–Crippen MR) is 166 cm³/mol. The largest absolute Gasteiger partial charge is 0.395 e. The highest BCUT2D eigenvalue weighted by molar-refractivity contribution is 6.34. The number of nitrogens with zero attached hydrogens (tertiary/aromatic N) is 3. The van der Waals surface area contributed by atoms with Gasteiger partial charge >= 0.3 is 0 Å². The third-order valence-corrected chi connectivity index (χ3v) is 9.74. The maximum atomic E-state index is 14.7. The molecule has 0 radical (unpaired) electrons. The molecule has 3 amide bonds. The standard InChI is InChI=1S/C34H40ClN3O5/c1-5-18-36(22-24-13-9-8-10-14-24)30(40)26-27-31(41)38(20-21-39)29(34(27)17-16-33(26,7-3)43-34)32(42)37(19-6-2)28-23(4)12-11-15-25(28)35/h5-6,8-15,26-27,29,39H,1-2,7,16-22H2,3-4H3/t26-,27+,29?,33+,34?/m1/s1. The van der Waals surface area contributed by atoms with E-state index in [0.29, 0.717) is 43.1 Å². The molecule has 8 nitrogen and oxygen atoms in total. The van der Waals surface area contributed by atoms with Crippen LogP contribution in [0.4, 0.5) is 5.69 Å². The molecule has 3 aliphatic rings. The molecule has 2 bridgehead atoms. The average Bonchev–Trinajstić information content (AvgIpc) is 3.60. The van der Waals surface area contributed by atoms with Crippen LogP contribution in [-0.2, 0) is 25.7 Å². The molecule has 9 heteroatoms. The van der Waals surface area contributed by atoms with E-state index in [0.717, 1.165) is 11.1 Å². The van der Waals surface area contributed by atoms with E-state index in [1.807, 2.05) is 56.3 Å². The van der Waals surface area contributed by atoms with Gasteiger partial charge in [0.2, 0.25) is 11.8 Å². The van der Waals surface area contributed by atoms with Crippen LogP contribution < -0.4 is 4.90 Å². The van der Waals surface area contributed by atoms with Crippen molar-refractivity contribution in [2.24, 2.45) is 11.8 Å². The smallest absolute Gasteiger partial charge is 0.253 e. The molecular weight excluding hydrogens is 566 g/mol. The SMILES string of the molecule is C=CCN(Cc1ccccc1)C(=O)[C@H]1[C@H]2C(=O)N(CCO)C(C(=O)N(CC=C)c3c(C)cccc3Cl)C23CC[C@]1(CC)O3. The van der Waals surface area contributed by atoms with Gasteiger partial charge in [-0.2, -0.15) is 0 Å². The van der Waals surface area contributed by atoms with E-state index < -0.39 is 29.1 Å². The number of rotatable bonds is 12. The van der Waals surface area contributed by atoms with Crippen LogP contribution in [-0.4, -0.2) is 76.1 Å². The Labute approximate surface area is 258 Å². The predicted octanol–water partition coefficient (Wildman–Crippen LogP) is 4.53. The fourth-order valence-corrected chi connectivity index (χ4v) is 7.97. The van der Waals surface area contributed by atoms with Gasteiger partial charge in [0.1, 0.15) is 11.6 Å². The number of aliphatic hydroxyl groups is 1. The Balaban J connectivity index is 1.59. The summed E-state index contributed by atoms with van der Waals surface area (Å²) in [4.78, 5) is 48.3. The van der Waals surface area contributed by atoms with Gasteiger partial charge in [-0.15, -0.1) is 13.2 Å². The van der Waals surface area contributed by atoms with Crippen LogP contribution in [0, 0.1) is 18.8 Å². The quantitative estimate of drug-likeness (QED) is 0.359. The maximum Gasteiger partial charge on any atom is 0.253 e. The molecule has 5 atom stereocenters. The monoisotopic (exact) mass is 605 g/mol. The lowest BCUT2D eigenvalue weighted by molar-refractivity contribution is -0.151. The maximum absolute atomic E-state index is 14.7. The van der Waals surface area contributed by atoms with Crippen LogP contribution in [0.3, 0.4) is 0 Å². The first-order chi connectivity index (χ1) is 20.7. The van der Waals surface area contributed by atoms with Gasteiger partial charge in [-0.05, 0) is 43.4 Å². The van der Waals surface area contributed by atoms with E-state index in [2.05, 4.69) is 13.2 Å². The number of halogens is 1. The molecule has 228 valence electrons. The number of anilines is 1.